The third-order valence-electron chi connectivity index (χ3n) is 5.29. The molecule has 0 N–H and O–H groups in total. The number of methoxy groups -OCH3 is 1. The Kier molecular flexibility index (Phi) is 4.52. The lowest BCUT2D eigenvalue weighted by molar-refractivity contribution is 0.0716. The predicted octanol–water partition coefficient (Wildman–Crippen LogP) is 4.02. The molecule has 0 radical (unpaired) electrons. The minimum absolute atomic E-state index is 0.0178. The number of nitrogens with zero attached hydrogens (tertiary/aromatic N) is 2. The Balaban J connectivity index is 1.47. The van der Waals surface area contributed by atoms with Crippen LogP contribution in [0.15, 0.2) is 46.9 Å². The summed E-state index contributed by atoms with van der Waals surface area (Å²) in [6.45, 7) is 6.95. The maximum atomic E-state index is 13.0. The van der Waals surface area contributed by atoms with Gasteiger partial charge in [-0.2, -0.15) is 0 Å². The number of hydrogen-bond donors (Lipinski definition) is 0. The number of fused-ring (bicyclic) bond motifs is 1. The molecule has 1 saturated heterocycles. The molecule has 1 aromatic heterocycles. The number of aryl methyl sites for hydroxylation is 2. The van der Waals surface area contributed by atoms with Crippen LogP contribution in [0, 0.1) is 13.8 Å². The van der Waals surface area contributed by atoms with E-state index in [1.54, 1.807) is 7.11 Å². The smallest absolute Gasteiger partial charge is 0.290 e. The first kappa shape index (κ1) is 17.5. The average Bonchev–Trinajstić information content (AvgIpc) is 3.03. The normalized spacial score (nSPS) is 14.6. The highest BCUT2D eigenvalue weighted by Gasteiger charge is 2.26. The first-order valence-corrected chi connectivity index (χ1v) is 9.25. The van der Waals surface area contributed by atoms with Crippen molar-refractivity contribution in [1.82, 2.24) is 4.90 Å². The van der Waals surface area contributed by atoms with Crippen molar-refractivity contribution >= 4 is 22.6 Å². The van der Waals surface area contributed by atoms with Crippen LogP contribution in [0.25, 0.3) is 11.0 Å². The molecule has 140 valence electrons. The van der Waals surface area contributed by atoms with E-state index >= 15 is 0 Å². The number of piperazine rings is 1. The monoisotopic (exact) mass is 364 g/mol. The molecule has 0 unspecified atom stereocenters. The van der Waals surface area contributed by atoms with E-state index in [0.29, 0.717) is 18.8 Å². The summed E-state index contributed by atoms with van der Waals surface area (Å²) in [5, 5.41) is 1.01. The second kappa shape index (κ2) is 6.99. The Morgan fingerprint density at radius 1 is 1.00 bits per heavy atom. The SMILES string of the molecule is COc1ccc(N2CCN(C(=O)c3oc4cc(C)ccc4c3C)CC2)cc1. The summed E-state index contributed by atoms with van der Waals surface area (Å²) in [6, 6.07) is 14.1. The van der Waals surface area contributed by atoms with Gasteiger partial charge in [0, 0.05) is 42.8 Å². The Morgan fingerprint density at radius 2 is 1.70 bits per heavy atom. The molecule has 0 aliphatic carbocycles. The zero-order valence-corrected chi connectivity index (χ0v) is 16.0. The van der Waals surface area contributed by atoms with Gasteiger partial charge >= 0.3 is 0 Å². The highest BCUT2D eigenvalue weighted by molar-refractivity contribution is 5.99. The first-order chi connectivity index (χ1) is 13.1. The molecule has 0 saturated carbocycles. The van der Waals surface area contributed by atoms with Gasteiger partial charge in [-0.15, -0.1) is 0 Å². The lowest BCUT2D eigenvalue weighted by Crippen LogP contribution is -2.48. The van der Waals surface area contributed by atoms with Gasteiger partial charge in [-0.1, -0.05) is 12.1 Å². The van der Waals surface area contributed by atoms with Crippen LogP contribution in [0.2, 0.25) is 0 Å². The zero-order chi connectivity index (χ0) is 19.0. The van der Waals surface area contributed by atoms with Crippen molar-refractivity contribution in [3.63, 3.8) is 0 Å². The predicted molar refractivity (Wildman–Crippen MR) is 107 cm³/mol. The molecule has 5 heteroatoms. The quantitative estimate of drug-likeness (QED) is 0.704. The lowest BCUT2D eigenvalue weighted by Gasteiger charge is -2.35. The van der Waals surface area contributed by atoms with Crippen molar-refractivity contribution in [3.05, 3.63) is 59.4 Å². The minimum atomic E-state index is -0.0178. The van der Waals surface area contributed by atoms with Crippen molar-refractivity contribution in [3.8, 4) is 5.75 Å². The van der Waals surface area contributed by atoms with Crippen molar-refractivity contribution in [2.24, 2.45) is 0 Å². The van der Waals surface area contributed by atoms with Gasteiger partial charge in [-0.3, -0.25) is 4.79 Å². The summed E-state index contributed by atoms with van der Waals surface area (Å²) in [7, 11) is 1.67. The van der Waals surface area contributed by atoms with Crippen LogP contribution in [0.4, 0.5) is 5.69 Å². The Bertz CT molecular complexity index is 967. The van der Waals surface area contributed by atoms with Crippen molar-refractivity contribution in [1.29, 1.82) is 0 Å². The number of benzene rings is 2. The van der Waals surface area contributed by atoms with Crippen LogP contribution in [0.1, 0.15) is 21.7 Å². The molecule has 2 aromatic carbocycles. The van der Waals surface area contributed by atoms with E-state index in [4.69, 9.17) is 9.15 Å². The van der Waals surface area contributed by atoms with Gasteiger partial charge in [0.15, 0.2) is 5.76 Å². The fourth-order valence-corrected chi connectivity index (χ4v) is 3.64. The molecule has 3 aromatic rings. The third kappa shape index (κ3) is 3.25. The van der Waals surface area contributed by atoms with Crippen molar-refractivity contribution < 1.29 is 13.9 Å². The number of carbonyl (C=O) groups is 1. The number of ether oxygens (including phenoxy) is 1. The van der Waals surface area contributed by atoms with E-state index in [2.05, 4.69) is 17.0 Å². The standard InChI is InChI=1S/C22H24N2O3/c1-15-4-9-19-16(2)21(27-20(19)14-15)22(25)24-12-10-23(11-13-24)17-5-7-18(26-3)8-6-17/h4-9,14H,10-13H2,1-3H3. The number of furan rings is 1. The molecular weight excluding hydrogens is 340 g/mol. The second-order valence-corrected chi connectivity index (χ2v) is 7.03. The molecule has 1 aliphatic heterocycles. The molecule has 5 nitrogen and oxygen atoms in total. The largest absolute Gasteiger partial charge is 0.497 e. The van der Waals surface area contributed by atoms with Gasteiger partial charge in [-0.25, -0.2) is 0 Å². The lowest BCUT2D eigenvalue weighted by atomic mass is 10.1. The van der Waals surface area contributed by atoms with E-state index < -0.39 is 0 Å². The maximum Gasteiger partial charge on any atom is 0.290 e. The number of rotatable bonds is 3. The number of hydrogen-bond acceptors (Lipinski definition) is 4. The van der Waals surface area contributed by atoms with Gasteiger partial charge in [0.05, 0.1) is 7.11 Å². The molecule has 2 heterocycles. The molecule has 0 bridgehead atoms. The summed E-state index contributed by atoms with van der Waals surface area (Å²) in [6.07, 6.45) is 0. The Morgan fingerprint density at radius 3 is 2.37 bits per heavy atom. The van der Waals surface area contributed by atoms with E-state index in [1.165, 1.54) is 0 Å². The third-order valence-corrected chi connectivity index (χ3v) is 5.29. The van der Waals surface area contributed by atoms with Crippen molar-refractivity contribution in [2.75, 3.05) is 38.2 Å². The highest BCUT2D eigenvalue weighted by Crippen LogP contribution is 2.28. The van der Waals surface area contributed by atoms with Crippen LogP contribution in [-0.4, -0.2) is 44.1 Å². The Labute approximate surface area is 159 Å². The van der Waals surface area contributed by atoms with Crippen LogP contribution in [0.5, 0.6) is 5.75 Å². The topological polar surface area (TPSA) is 45.9 Å². The van der Waals surface area contributed by atoms with Crippen LogP contribution >= 0.6 is 0 Å². The molecule has 1 aliphatic rings. The molecule has 4 rings (SSSR count). The molecule has 1 amide bonds. The van der Waals surface area contributed by atoms with Gasteiger partial charge in [0.1, 0.15) is 11.3 Å². The van der Waals surface area contributed by atoms with E-state index in [1.807, 2.05) is 49.1 Å². The van der Waals surface area contributed by atoms with Crippen molar-refractivity contribution in [2.45, 2.75) is 13.8 Å². The molecule has 0 spiro atoms. The van der Waals surface area contributed by atoms with E-state index in [9.17, 15) is 4.79 Å². The number of carbonyl (C=O) groups excluding carboxylic acids is 1. The van der Waals surface area contributed by atoms with Crippen LogP contribution < -0.4 is 9.64 Å². The fraction of sp³-hybridized carbons (Fsp3) is 0.318. The van der Waals surface area contributed by atoms with E-state index in [-0.39, 0.29) is 5.91 Å². The summed E-state index contributed by atoms with van der Waals surface area (Å²) < 4.78 is 11.1. The molecule has 27 heavy (non-hydrogen) atoms. The number of amides is 1. The average molecular weight is 364 g/mol. The molecule has 1 fully saturated rings. The van der Waals surface area contributed by atoms with Gasteiger partial charge in [0.2, 0.25) is 0 Å². The van der Waals surface area contributed by atoms with E-state index in [0.717, 1.165) is 46.6 Å². The van der Waals surface area contributed by atoms with Gasteiger partial charge in [0.25, 0.3) is 5.91 Å². The maximum absolute atomic E-state index is 13.0. The van der Waals surface area contributed by atoms with Crippen LogP contribution in [0.3, 0.4) is 0 Å². The second-order valence-electron chi connectivity index (χ2n) is 7.03. The molecule has 0 atom stereocenters. The van der Waals surface area contributed by atoms with Crippen LogP contribution in [-0.2, 0) is 0 Å². The van der Waals surface area contributed by atoms with Gasteiger partial charge in [-0.05, 0) is 49.7 Å². The number of anilines is 1. The first-order valence-electron chi connectivity index (χ1n) is 9.25. The van der Waals surface area contributed by atoms with Gasteiger partial charge < -0.3 is 19.0 Å². The fourth-order valence-electron chi connectivity index (χ4n) is 3.64. The summed E-state index contributed by atoms with van der Waals surface area (Å²) >= 11 is 0. The highest BCUT2D eigenvalue weighted by atomic mass is 16.5. The summed E-state index contributed by atoms with van der Waals surface area (Å²) in [5.74, 6) is 1.30. The summed E-state index contributed by atoms with van der Waals surface area (Å²) in [4.78, 5) is 17.2. The molecular formula is C22H24N2O3. The minimum Gasteiger partial charge on any atom is -0.497 e. The summed E-state index contributed by atoms with van der Waals surface area (Å²) in [5.41, 5.74) is 3.99. The Hall–Kier alpha value is -2.95. The zero-order valence-electron chi connectivity index (χ0n) is 16.0.